The minimum atomic E-state index is 0.818. The van der Waals surface area contributed by atoms with Crippen LogP contribution in [0.4, 0.5) is 11.4 Å². The summed E-state index contributed by atoms with van der Waals surface area (Å²) in [5, 5.41) is 4.56. The Morgan fingerprint density at radius 1 is 0.450 bits per heavy atom. The van der Waals surface area contributed by atoms with Gasteiger partial charge in [0.15, 0.2) is 0 Å². The molecule has 0 N–H and O–H groups in total. The van der Waals surface area contributed by atoms with E-state index in [1.54, 1.807) is 14.2 Å². The largest absolute Gasteiger partial charge is 0.497 e. The maximum atomic E-state index is 5.31. The normalized spacial score (nSPS) is 11.6. The minimum Gasteiger partial charge on any atom is -0.497 e. The number of aliphatic imine (C=N–C) groups is 2. The summed E-state index contributed by atoms with van der Waals surface area (Å²) in [4.78, 5) is 10.0. The van der Waals surface area contributed by atoms with Crippen molar-refractivity contribution in [1.29, 1.82) is 0 Å². The molecule has 6 aromatic carbocycles. The molecule has 40 heavy (non-hydrogen) atoms. The van der Waals surface area contributed by atoms with E-state index >= 15 is 0 Å². The van der Waals surface area contributed by atoms with Gasteiger partial charge in [-0.05, 0) is 93.3 Å². The highest BCUT2D eigenvalue weighted by Gasteiger charge is 2.16. The predicted octanol–water partition coefficient (Wildman–Crippen LogP) is 9.18. The van der Waals surface area contributed by atoms with E-state index in [9.17, 15) is 0 Å². The van der Waals surface area contributed by atoms with Crippen molar-refractivity contribution >= 4 is 45.3 Å². The van der Waals surface area contributed by atoms with Gasteiger partial charge in [-0.25, -0.2) is 0 Å². The Kier molecular flexibility index (Phi) is 7.06. The molecule has 6 aromatic rings. The number of hydrogen-bond donors (Lipinski definition) is 0. The van der Waals surface area contributed by atoms with E-state index in [4.69, 9.17) is 19.5 Å². The van der Waals surface area contributed by atoms with Gasteiger partial charge in [0, 0.05) is 23.6 Å². The van der Waals surface area contributed by atoms with Crippen LogP contribution in [0.15, 0.2) is 131 Å². The number of rotatable bonds is 7. The molecule has 0 fully saturated rings. The Hall–Kier alpha value is -5.22. The highest BCUT2D eigenvalue weighted by atomic mass is 16.5. The summed E-state index contributed by atoms with van der Waals surface area (Å²) in [6.45, 7) is 0. The van der Waals surface area contributed by atoms with E-state index in [-0.39, 0.29) is 0 Å². The van der Waals surface area contributed by atoms with E-state index < -0.39 is 0 Å². The maximum absolute atomic E-state index is 5.31. The summed E-state index contributed by atoms with van der Waals surface area (Å²) in [6, 6.07) is 41.1. The first-order chi connectivity index (χ1) is 19.7. The number of benzene rings is 6. The lowest BCUT2D eigenvalue weighted by atomic mass is 9.91. The van der Waals surface area contributed by atoms with E-state index in [0.29, 0.717) is 0 Å². The zero-order valence-electron chi connectivity index (χ0n) is 22.4. The quantitative estimate of drug-likeness (QED) is 0.197. The van der Waals surface area contributed by atoms with Gasteiger partial charge in [-0.1, -0.05) is 60.7 Å². The monoisotopic (exact) mass is 520 g/mol. The van der Waals surface area contributed by atoms with Gasteiger partial charge < -0.3 is 9.47 Å². The van der Waals surface area contributed by atoms with E-state index in [0.717, 1.165) is 66.7 Å². The third kappa shape index (κ3) is 5.07. The average Bonchev–Trinajstić information content (AvgIpc) is 3.03. The first kappa shape index (κ1) is 25.1. The van der Waals surface area contributed by atoms with E-state index in [1.165, 1.54) is 0 Å². The van der Waals surface area contributed by atoms with Crippen molar-refractivity contribution in [3.63, 3.8) is 0 Å². The minimum absolute atomic E-state index is 0.818. The van der Waals surface area contributed by atoms with Crippen LogP contribution in [0.3, 0.4) is 0 Å². The molecule has 0 aromatic heterocycles. The van der Waals surface area contributed by atoms with Crippen LogP contribution in [0.2, 0.25) is 0 Å². The molecule has 4 nitrogen and oxygen atoms in total. The van der Waals surface area contributed by atoms with Crippen LogP contribution < -0.4 is 9.47 Å². The predicted molar refractivity (Wildman–Crippen MR) is 167 cm³/mol. The number of ether oxygens (including phenoxy) is 2. The van der Waals surface area contributed by atoms with Crippen molar-refractivity contribution < 1.29 is 9.47 Å². The van der Waals surface area contributed by atoms with Crippen molar-refractivity contribution in [2.45, 2.75) is 0 Å². The lowest BCUT2D eigenvalue weighted by Crippen LogP contribution is -1.89. The Labute approximate surface area is 233 Å². The molecule has 0 unspecified atom stereocenters. The summed E-state index contributed by atoms with van der Waals surface area (Å²) in [7, 11) is 3.34. The molecular formula is C36H28N2O2. The number of nitrogens with zero attached hydrogens (tertiary/aromatic N) is 2. The zero-order chi connectivity index (χ0) is 27.3. The van der Waals surface area contributed by atoms with Crippen LogP contribution in [0, 0.1) is 0 Å². The van der Waals surface area contributed by atoms with Crippen LogP contribution >= 0.6 is 0 Å². The summed E-state index contributed by atoms with van der Waals surface area (Å²) in [6.07, 6.45) is 3.80. The molecule has 4 heteroatoms. The molecule has 0 bridgehead atoms. The molecule has 194 valence electrons. The fourth-order valence-electron chi connectivity index (χ4n) is 4.93. The smallest absolute Gasteiger partial charge is 0.118 e. The summed E-state index contributed by atoms with van der Waals surface area (Å²) in [5.41, 5.74) is 5.87. The molecule has 0 spiro atoms. The molecule has 0 radical (unpaired) electrons. The van der Waals surface area contributed by atoms with Crippen molar-refractivity contribution in [2.24, 2.45) is 9.98 Å². The Morgan fingerprint density at radius 2 is 0.850 bits per heavy atom. The number of fused-ring (bicyclic) bond motifs is 2. The molecule has 0 saturated heterocycles. The average molecular weight is 521 g/mol. The van der Waals surface area contributed by atoms with Crippen LogP contribution in [0.25, 0.3) is 32.7 Å². The topological polar surface area (TPSA) is 43.2 Å². The third-order valence-electron chi connectivity index (χ3n) is 7.00. The Bertz CT molecular complexity index is 1720. The van der Waals surface area contributed by atoms with Gasteiger partial charge in [-0.3, -0.25) is 9.98 Å². The van der Waals surface area contributed by atoms with E-state index in [2.05, 4.69) is 72.8 Å². The van der Waals surface area contributed by atoms with Crippen molar-refractivity contribution in [3.8, 4) is 22.6 Å². The Morgan fingerprint density at radius 3 is 1.25 bits per heavy atom. The summed E-state index contributed by atoms with van der Waals surface area (Å²) in [5.74, 6) is 1.64. The van der Waals surface area contributed by atoms with Gasteiger partial charge in [0.1, 0.15) is 11.5 Å². The second-order valence-corrected chi connectivity index (χ2v) is 9.42. The Balaban J connectivity index is 1.56. The second-order valence-electron chi connectivity index (χ2n) is 9.42. The van der Waals surface area contributed by atoms with Crippen molar-refractivity contribution in [3.05, 3.63) is 132 Å². The first-order valence-electron chi connectivity index (χ1n) is 13.1. The third-order valence-corrected chi connectivity index (χ3v) is 7.00. The second kappa shape index (κ2) is 11.3. The van der Waals surface area contributed by atoms with Gasteiger partial charge in [0.05, 0.1) is 25.6 Å². The summed E-state index contributed by atoms with van der Waals surface area (Å²) >= 11 is 0. The van der Waals surface area contributed by atoms with Gasteiger partial charge in [-0.15, -0.1) is 0 Å². The molecule has 6 rings (SSSR count). The fourth-order valence-corrected chi connectivity index (χ4v) is 4.93. The molecule has 0 heterocycles. The number of hydrogen-bond acceptors (Lipinski definition) is 4. The molecular weight excluding hydrogens is 492 g/mol. The molecule has 0 aliphatic carbocycles. The highest BCUT2D eigenvalue weighted by molar-refractivity contribution is 6.13. The standard InChI is InChI=1S/C36H28N2O2/c1-39-29-17-11-25(12-18-29)23-37-33-21-15-27-7-3-5-9-31(27)35(33)36-32-10-6-4-8-28(32)16-22-34(36)38-24-26-13-19-30(40-2)20-14-26/h3-24H,1-2H3. The van der Waals surface area contributed by atoms with Crippen LogP contribution in [-0.4, -0.2) is 26.6 Å². The van der Waals surface area contributed by atoms with Crippen LogP contribution in [0.5, 0.6) is 11.5 Å². The van der Waals surface area contributed by atoms with Gasteiger partial charge >= 0.3 is 0 Å². The van der Waals surface area contributed by atoms with Gasteiger partial charge in [0.25, 0.3) is 0 Å². The summed E-state index contributed by atoms with van der Waals surface area (Å²) < 4.78 is 10.6. The van der Waals surface area contributed by atoms with Gasteiger partial charge in [-0.2, -0.15) is 0 Å². The lowest BCUT2D eigenvalue weighted by Gasteiger charge is -2.16. The molecule has 0 saturated carbocycles. The molecule has 0 aliphatic rings. The maximum Gasteiger partial charge on any atom is 0.118 e. The van der Waals surface area contributed by atoms with E-state index in [1.807, 2.05) is 61.0 Å². The molecule has 0 amide bonds. The SMILES string of the molecule is COc1ccc(C=Nc2ccc3ccccc3c2-c2c(N=Cc3ccc(OC)cc3)ccc3ccccc23)cc1. The van der Waals surface area contributed by atoms with Crippen molar-refractivity contribution in [1.82, 2.24) is 0 Å². The first-order valence-corrected chi connectivity index (χ1v) is 13.1. The molecule has 0 atom stereocenters. The zero-order valence-corrected chi connectivity index (χ0v) is 22.4. The number of methoxy groups -OCH3 is 2. The van der Waals surface area contributed by atoms with Crippen LogP contribution in [0.1, 0.15) is 11.1 Å². The fraction of sp³-hybridized carbons (Fsp3) is 0.0556. The highest BCUT2D eigenvalue weighted by Crippen LogP contribution is 2.45. The van der Waals surface area contributed by atoms with Gasteiger partial charge in [0.2, 0.25) is 0 Å². The lowest BCUT2D eigenvalue weighted by molar-refractivity contribution is 0.414. The van der Waals surface area contributed by atoms with Crippen molar-refractivity contribution in [2.75, 3.05) is 14.2 Å². The van der Waals surface area contributed by atoms with Crippen LogP contribution in [-0.2, 0) is 0 Å². The molecule has 0 aliphatic heterocycles.